The lowest BCUT2D eigenvalue weighted by molar-refractivity contribution is -0.137. The van der Waals surface area contributed by atoms with E-state index in [1.54, 1.807) is 12.1 Å². The highest BCUT2D eigenvalue weighted by molar-refractivity contribution is 5.77. The number of esters is 1. The fraction of sp³-hybridized carbons (Fsp3) is 0.625. The lowest BCUT2D eigenvalue weighted by Gasteiger charge is -2.10. The molecule has 200 valence electrons. The third kappa shape index (κ3) is 10.6. The summed E-state index contributed by atoms with van der Waals surface area (Å²) in [4.78, 5) is 21.4. The Labute approximate surface area is 224 Å². The molecule has 37 heavy (non-hydrogen) atoms. The van der Waals surface area contributed by atoms with E-state index in [9.17, 15) is 10.1 Å². The van der Waals surface area contributed by atoms with Gasteiger partial charge in [0.2, 0.25) is 0 Å². The maximum atomic E-state index is 12.4. The lowest BCUT2D eigenvalue weighted by atomic mass is 9.99. The number of carbonyl (C=O) groups is 1. The maximum Gasteiger partial charge on any atom is 0.328 e. The molecule has 5 heteroatoms. The number of benzene rings is 1. The van der Waals surface area contributed by atoms with Gasteiger partial charge >= 0.3 is 5.97 Å². The van der Waals surface area contributed by atoms with Crippen LogP contribution in [0.4, 0.5) is 0 Å². The molecule has 0 N–H and O–H groups in total. The van der Waals surface area contributed by atoms with E-state index in [0.29, 0.717) is 18.0 Å². The first-order chi connectivity index (χ1) is 18.2. The average Bonchev–Trinajstić information content (AvgIpc) is 3.45. The van der Waals surface area contributed by atoms with Gasteiger partial charge in [0.25, 0.3) is 0 Å². The number of nitriles is 1. The summed E-state index contributed by atoms with van der Waals surface area (Å²) in [6, 6.07) is 9.27. The van der Waals surface area contributed by atoms with Crippen LogP contribution in [0.3, 0.4) is 0 Å². The largest absolute Gasteiger partial charge is 0.426 e. The molecule has 2 aromatic rings. The molecule has 0 unspecified atom stereocenters. The minimum atomic E-state index is -0.714. The normalized spacial score (nSPS) is 14.4. The first-order valence-corrected chi connectivity index (χ1v) is 14.7. The Bertz CT molecular complexity index is 943. The van der Waals surface area contributed by atoms with Crippen LogP contribution in [0.25, 0.3) is 11.4 Å². The molecule has 1 atom stereocenters. The van der Waals surface area contributed by atoms with Gasteiger partial charge in [-0.25, -0.2) is 9.97 Å². The number of hydrogen-bond donors (Lipinski definition) is 0. The number of hydrogen-bond acceptors (Lipinski definition) is 5. The van der Waals surface area contributed by atoms with Gasteiger partial charge < -0.3 is 4.74 Å². The zero-order valence-corrected chi connectivity index (χ0v) is 22.8. The smallest absolute Gasteiger partial charge is 0.328 e. The van der Waals surface area contributed by atoms with Gasteiger partial charge in [-0.05, 0) is 55.0 Å². The highest BCUT2D eigenvalue weighted by Crippen LogP contribution is 2.29. The summed E-state index contributed by atoms with van der Waals surface area (Å²) in [5.41, 5.74) is 2.05. The molecular formula is C32H45N3O2. The zero-order chi connectivity index (χ0) is 26.1. The van der Waals surface area contributed by atoms with E-state index in [-0.39, 0.29) is 0 Å². The zero-order valence-electron chi connectivity index (χ0n) is 22.8. The van der Waals surface area contributed by atoms with Crippen LogP contribution in [0.1, 0.15) is 115 Å². The molecule has 0 spiro atoms. The second-order valence-electron chi connectivity index (χ2n) is 10.7. The van der Waals surface area contributed by atoms with Crippen LogP contribution < -0.4 is 4.74 Å². The Morgan fingerprint density at radius 2 is 1.59 bits per heavy atom. The summed E-state index contributed by atoms with van der Waals surface area (Å²) in [6.45, 7) is 2.14. The van der Waals surface area contributed by atoms with Crippen molar-refractivity contribution in [1.29, 1.82) is 5.26 Å². The van der Waals surface area contributed by atoms with E-state index in [2.05, 4.69) is 23.0 Å². The number of ether oxygens (including phenoxy) is 1. The van der Waals surface area contributed by atoms with Crippen molar-refractivity contribution >= 4 is 5.97 Å². The predicted octanol–water partition coefficient (Wildman–Crippen LogP) is 8.62. The topological polar surface area (TPSA) is 75.9 Å². The molecule has 0 saturated heterocycles. The van der Waals surface area contributed by atoms with Crippen LogP contribution in [0.15, 0.2) is 36.7 Å². The Balaban J connectivity index is 1.33. The van der Waals surface area contributed by atoms with Crippen molar-refractivity contribution in [3.8, 4) is 23.2 Å². The monoisotopic (exact) mass is 503 g/mol. The highest BCUT2D eigenvalue weighted by Gasteiger charge is 2.20. The number of aromatic nitrogens is 2. The van der Waals surface area contributed by atoms with Crippen molar-refractivity contribution < 1.29 is 9.53 Å². The van der Waals surface area contributed by atoms with E-state index < -0.39 is 11.9 Å². The van der Waals surface area contributed by atoms with Crippen molar-refractivity contribution in [2.75, 3.05) is 0 Å². The molecule has 0 amide bonds. The van der Waals surface area contributed by atoms with Gasteiger partial charge in [0.1, 0.15) is 11.7 Å². The summed E-state index contributed by atoms with van der Waals surface area (Å²) in [6.07, 6.45) is 24.9. The summed E-state index contributed by atoms with van der Waals surface area (Å²) in [5.74, 6) is 0.948. The molecule has 1 aliphatic rings. The minimum absolute atomic E-state index is 0.442. The molecule has 3 rings (SSSR count). The third-order valence-electron chi connectivity index (χ3n) is 7.63. The van der Waals surface area contributed by atoms with Gasteiger partial charge in [-0.3, -0.25) is 4.79 Å². The second kappa shape index (κ2) is 16.9. The molecule has 1 saturated carbocycles. The quantitative estimate of drug-likeness (QED) is 0.123. The predicted molar refractivity (Wildman–Crippen MR) is 149 cm³/mol. The molecule has 0 radical (unpaired) electrons. The molecule has 5 nitrogen and oxygen atoms in total. The van der Waals surface area contributed by atoms with Crippen molar-refractivity contribution in [2.24, 2.45) is 11.8 Å². The molecule has 0 aliphatic heterocycles. The van der Waals surface area contributed by atoms with Gasteiger partial charge in [0, 0.05) is 18.0 Å². The van der Waals surface area contributed by atoms with E-state index >= 15 is 0 Å². The fourth-order valence-electron chi connectivity index (χ4n) is 5.27. The van der Waals surface area contributed by atoms with Crippen molar-refractivity contribution in [2.45, 2.75) is 116 Å². The van der Waals surface area contributed by atoms with Gasteiger partial charge in [0.05, 0.1) is 6.07 Å². The fourth-order valence-corrected chi connectivity index (χ4v) is 5.27. The van der Waals surface area contributed by atoms with E-state index in [0.717, 1.165) is 43.6 Å². The van der Waals surface area contributed by atoms with Crippen LogP contribution in [-0.2, 0) is 11.2 Å². The molecular weight excluding hydrogens is 458 g/mol. The van der Waals surface area contributed by atoms with Crippen LogP contribution in [0.5, 0.6) is 5.75 Å². The van der Waals surface area contributed by atoms with Crippen LogP contribution in [0.2, 0.25) is 0 Å². The van der Waals surface area contributed by atoms with Gasteiger partial charge in [-0.15, -0.1) is 0 Å². The Hall–Kier alpha value is -2.74. The summed E-state index contributed by atoms with van der Waals surface area (Å²) < 4.78 is 5.44. The number of unbranched alkanes of at least 4 members (excludes halogenated alkanes) is 8. The van der Waals surface area contributed by atoms with Crippen molar-refractivity contribution in [3.05, 3.63) is 42.2 Å². The van der Waals surface area contributed by atoms with Crippen molar-refractivity contribution in [3.63, 3.8) is 0 Å². The van der Waals surface area contributed by atoms with E-state index in [4.69, 9.17) is 4.74 Å². The standard InChI is InChI=1S/C32H45N3O2/c1-2-3-4-11-18-29(23-33)32(36)37-30-21-19-28(20-22-30)31-34-24-27(25-35-31)17-10-8-6-5-7-9-14-26-15-12-13-16-26/h19-22,24-26,29H,2-18H2,1H3/t29-/m0/s1. The SMILES string of the molecule is CCCCCC[C@@H](C#N)C(=O)Oc1ccc(-c2ncc(CCCCCCCCC3CCCC3)cn2)cc1. The number of rotatable bonds is 17. The van der Waals surface area contributed by atoms with Crippen LogP contribution in [-0.4, -0.2) is 15.9 Å². The number of nitrogens with zero attached hydrogens (tertiary/aromatic N) is 3. The molecule has 1 aliphatic carbocycles. The lowest BCUT2D eigenvalue weighted by Crippen LogP contribution is -2.19. The molecule has 1 aromatic carbocycles. The molecule has 1 aromatic heterocycles. The highest BCUT2D eigenvalue weighted by atomic mass is 16.5. The van der Waals surface area contributed by atoms with Gasteiger partial charge in [0.15, 0.2) is 5.82 Å². The Morgan fingerprint density at radius 3 is 2.27 bits per heavy atom. The maximum absolute atomic E-state index is 12.4. The van der Waals surface area contributed by atoms with Gasteiger partial charge in [-0.1, -0.05) is 96.8 Å². The second-order valence-corrected chi connectivity index (χ2v) is 10.7. The van der Waals surface area contributed by atoms with Crippen molar-refractivity contribution in [1.82, 2.24) is 9.97 Å². The van der Waals surface area contributed by atoms with Gasteiger partial charge in [-0.2, -0.15) is 5.26 Å². The minimum Gasteiger partial charge on any atom is -0.426 e. The number of carbonyl (C=O) groups excluding carboxylic acids is 1. The first-order valence-electron chi connectivity index (χ1n) is 14.7. The first kappa shape index (κ1) is 28.8. The molecule has 1 fully saturated rings. The summed E-state index contributed by atoms with van der Waals surface area (Å²) >= 11 is 0. The average molecular weight is 504 g/mol. The van der Waals surface area contributed by atoms with Crippen LogP contribution in [0, 0.1) is 23.2 Å². The Morgan fingerprint density at radius 1 is 0.946 bits per heavy atom. The third-order valence-corrected chi connectivity index (χ3v) is 7.63. The molecule has 0 bridgehead atoms. The van der Waals surface area contributed by atoms with E-state index in [1.165, 1.54) is 76.2 Å². The van der Waals surface area contributed by atoms with E-state index in [1.807, 2.05) is 24.5 Å². The summed E-state index contributed by atoms with van der Waals surface area (Å²) in [7, 11) is 0. The summed E-state index contributed by atoms with van der Waals surface area (Å²) in [5, 5.41) is 9.32. The molecule has 1 heterocycles. The van der Waals surface area contributed by atoms with Crippen LogP contribution >= 0.6 is 0 Å². The number of aryl methyl sites for hydroxylation is 1. The Kier molecular flexibility index (Phi) is 13.2.